The number of anilines is 3. The highest BCUT2D eigenvalue weighted by molar-refractivity contribution is 6.04. The smallest absolute Gasteiger partial charge is 0.256 e. The summed E-state index contributed by atoms with van der Waals surface area (Å²) in [6, 6.07) is 12.7. The maximum Gasteiger partial charge on any atom is 0.256 e. The first kappa shape index (κ1) is 19.2. The SMILES string of the molecule is CC(C)n1cnnc1-c1cccc(NC(=O)c2cccc(Nc3cnccn3)c2)n1. The predicted molar refractivity (Wildman–Crippen MR) is 113 cm³/mol. The summed E-state index contributed by atoms with van der Waals surface area (Å²) in [5, 5.41) is 14.1. The summed E-state index contributed by atoms with van der Waals surface area (Å²) in [6.07, 6.45) is 6.47. The van der Waals surface area contributed by atoms with Crippen LogP contribution in [0.15, 0.2) is 67.4 Å². The maximum absolute atomic E-state index is 12.8. The van der Waals surface area contributed by atoms with Crippen molar-refractivity contribution in [3.8, 4) is 11.5 Å². The van der Waals surface area contributed by atoms with E-state index in [4.69, 9.17) is 0 Å². The molecule has 0 aliphatic heterocycles. The molecule has 9 heteroatoms. The second-order valence-corrected chi connectivity index (χ2v) is 6.81. The molecule has 150 valence electrons. The second-order valence-electron chi connectivity index (χ2n) is 6.81. The van der Waals surface area contributed by atoms with Crippen LogP contribution in [-0.2, 0) is 0 Å². The molecule has 4 aromatic rings. The van der Waals surface area contributed by atoms with Gasteiger partial charge in [0, 0.05) is 29.7 Å². The molecule has 9 nitrogen and oxygen atoms in total. The highest BCUT2D eigenvalue weighted by atomic mass is 16.1. The lowest BCUT2D eigenvalue weighted by Crippen LogP contribution is -2.13. The first-order valence-corrected chi connectivity index (χ1v) is 9.41. The van der Waals surface area contributed by atoms with Gasteiger partial charge in [-0.2, -0.15) is 0 Å². The van der Waals surface area contributed by atoms with E-state index in [1.807, 2.05) is 36.6 Å². The van der Waals surface area contributed by atoms with Crippen LogP contribution in [0.3, 0.4) is 0 Å². The Labute approximate surface area is 173 Å². The Morgan fingerprint density at radius 1 is 1.07 bits per heavy atom. The van der Waals surface area contributed by atoms with Crippen molar-refractivity contribution >= 4 is 23.2 Å². The number of benzene rings is 1. The number of amides is 1. The van der Waals surface area contributed by atoms with E-state index in [2.05, 4.69) is 35.8 Å². The quantitative estimate of drug-likeness (QED) is 0.507. The molecule has 3 aromatic heterocycles. The third-order valence-electron chi connectivity index (χ3n) is 4.31. The van der Waals surface area contributed by atoms with E-state index in [0.29, 0.717) is 28.7 Å². The van der Waals surface area contributed by atoms with Crippen molar-refractivity contribution < 1.29 is 4.79 Å². The van der Waals surface area contributed by atoms with Crippen LogP contribution in [0.4, 0.5) is 17.3 Å². The highest BCUT2D eigenvalue weighted by Crippen LogP contribution is 2.21. The molecule has 0 saturated heterocycles. The lowest BCUT2D eigenvalue weighted by molar-refractivity contribution is 0.102. The molecule has 30 heavy (non-hydrogen) atoms. The molecule has 0 radical (unpaired) electrons. The Hall–Kier alpha value is -4.14. The molecule has 0 saturated carbocycles. The molecule has 1 amide bonds. The first-order valence-electron chi connectivity index (χ1n) is 9.41. The minimum Gasteiger partial charge on any atom is -0.339 e. The van der Waals surface area contributed by atoms with Crippen LogP contribution in [-0.4, -0.2) is 35.6 Å². The Balaban J connectivity index is 1.52. The van der Waals surface area contributed by atoms with E-state index in [-0.39, 0.29) is 11.9 Å². The summed E-state index contributed by atoms with van der Waals surface area (Å²) in [7, 11) is 0. The third-order valence-corrected chi connectivity index (χ3v) is 4.31. The Kier molecular flexibility index (Phi) is 5.42. The van der Waals surface area contributed by atoms with E-state index >= 15 is 0 Å². The van der Waals surface area contributed by atoms with Gasteiger partial charge in [0.05, 0.1) is 6.20 Å². The fourth-order valence-electron chi connectivity index (χ4n) is 2.87. The number of hydrogen-bond acceptors (Lipinski definition) is 7. The van der Waals surface area contributed by atoms with Crippen LogP contribution in [0.25, 0.3) is 11.5 Å². The zero-order chi connectivity index (χ0) is 20.9. The van der Waals surface area contributed by atoms with Crippen molar-refractivity contribution in [2.45, 2.75) is 19.9 Å². The minimum atomic E-state index is -0.271. The summed E-state index contributed by atoms with van der Waals surface area (Å²) in [6.45, 7) is 4.08. The van der Waals surface area contributed by atoms with Gasteiger partial charge in [0.25, 0.3) is 5.91 Å². The normalized spacial score (nSPS) is 10.8. The van der Waals surface area contributed by atoms with Crippen molar-refractivity contribution in [3.05, 3.63) is 72.9 Å². The molecule has 2 N–H and O–H groups in total. The largest absolute Gasteiger partial charge is 0.339 e. The third kappa shape index (κ3) is 4.30. The molecular formula is C21H20N8O. The van der Waals surface area contributed by atoms with Gasteiger partial charge >= 0.3 is 0 Å². The van der Waals surface area contributed by atoms with E-state index in [9.17, 15) is 4.79 Å². The molecule has 0 spiro atoms. The van der Waals surface area contributed by atoms with Gasteiger partial charge in [0.2, 0.25) is 0 Å². The summed E-state index contributed by atoms with van der Waals surface area (Å²) in [5.74, 6) is 1.41. The van der Waals surface area contributed by atoms with E-state index in [1.165, 1.54) is 0 Å². The van der Waals surface area contributed by atoms with Gasteiger partial charge in [-0.1, -0.05) is 12.1 Å². The van der Waals surface area contributed by atoms with Crippen molar-refractivity contribution in [2.24, 2.45) is 0 Å². The Bertz CT molecular complexity index is 1160. The first-order chi connectivity index (χ1) is 14.6. The number of nitrogens with one attached hydrogen (secondary N) is 2. The molecule has 0 atom stereocenters. The molecule has 0 aliphatic carbocycles. The van der Waals surface area contributed by atoms with Crippen molar-refractivity contribution in [3.63, 3.8) is 0 Å². The highest BCUT2D eigenvalue weighted by Gasteiger charge is 2.13. The van der Waals surface area contributed by atoms with Crippen LogP contribution in [0.1, 0.15) is 30.2 Å². The number of hydrogen-bond donors (Lipinski definition) is 2. The molecule has 4 rings (SSSR count). The zero-order valence-electron chi connectivity index (χ0n) is 16.5. The molecule has 0 fully saturated rings. The van der Waals surface area contributed by atoms with Crippen molar-refractivity contribution in [1.29, 1.82) is 0 Å². The molecule has 1 aromatic carbocycles. The lowest BCUT2D eigenvalue weighted by Gasteiger charge is -2.11. The average Bonchev–Trinajstić information content (AvgIpc) is 3.25. The molecular weight excluding hydrogens is 380 g/mol. The van der Waals surface area contributed by atoms with Crippen molar-refractivity contribution in [2.75, 3.05) is 10.6 Å². The standard InChI is InChI=1S/C21H20N8O/c1-14(2)29-13-24-28-20(29)17-7-4-8-18(26-17)27-21(30)15-5-3-6-16(11-15)25-19-12-22-9-10-23-19/h3-14H,1-2H3,(H,23,25)(H,26,27,30). The van der Waals surface area contributed by atoms with E-state index in [1.54, 1.807) is 49.2 Å². The fraction of sp³-hybridized carbons (Fsp3) is 0.143. The maximum atomic E-state index is 12.8. The topological polar surface area (TPSA) is 111 Å². The Morgan fingerprint density at radius 2 is 1.93 bits per heavy atom. The van der Waals surface area contributed by atoms with Crippen LogP contribution in [0, 0.1) is 0 Å². The van der Waals surface area contributed by atoms with Crippen LogP contribution in [0.5, 0.6) is 0 Å². The van der Waals surface area contributed by atoms with Crippen LogP contribution >= 0.6 is 0 Å². The van der Waals surface area contributed by atoms with Gasteiger partial charge in [0.1, 0.15) is 23.7 Å². The summed E-state index contributed by atoms with van der Waals surface area (Å²) < 4.78 is 1.93. The molecule has 0 bridgehead atoms. The number of carbonyl (C=O) groups is 1. The molecule has 0 unspecified atom stereocenters. The second kappa shape index (κ2) is 8.48. The van der Waals surface area contributed by atoms with E-state index < -0.39 is 0 Å². The average molecular weight is 400 g/mol. The monoisotopic (exact) mass is 400 g/mol. The van der Waals surface area contributed by atoms with Gasteiger partial charge in [-0.25, -0.2) is 9.97 Å². The summed E-state index contributed by atoms with van der Waals surface area (Å²) in [5.41, 5.74) is 1.86. The van der Waals surface area contributed by atoms with Gasteiger partial charge in [0.15, 0.2) is 5.82 Å². The Morgan fingerprint density at radius 3 is 2.73 bits per heavy atom. The number of nitrogens with zero attached hydrogens (tertiary/aromatic N) is 6. The molecule has 0 aliphatic rings. The van der Waals surface area contributed by atoms with Crippen LogP contribution < -0.4 is 10.6 Å². The zero-order valence-corrected chi connectivity index (χ0v) is 16.5. The minimum absolute atomic E-state index is 0.194. The van der Waals surface area contributed by atoms with E-state index in [0.717, 1.165) is 5.69 Å². The predicted octanol–water partition coefficient (Wildman–Crippen LogP) is 3.71. The fourth-order valence-corrected chi connectivity index (χ4v) is 2.87. The number of aromatic nitrogens is 6. The van der Waals surface area contributed by atoms with Crippen LogP contribution in [0.2, 0.25) is 0 Å². The summed E-state index contributed by atoms with van der Waals surface area (Å²) >= 11 is 0. The van der Waals surface area contributed by atoms with Gasteiger partial charge < -0.3 is 15.2 Å². The van der Waals surface area contributed by atoms with Gasteiger partial charge in [-0.15, -0.1) is 10.2 Å². The van der Waals surface area contributed by atoms with Crippen molar-refractivity contribution in [1.82, 2.24) is 29.7 Å². The summed E-state index contributed by atoms with van der Waals surface area (Å²) in [4.78, 5) is 25.5. The lowest BCUT2D eigenvalue weighted by atomic mass is 10.2. The van der Waals surface area contributed by atoms with Gasteiger partial charge in [-0.3, -0.25) is 9.78 Å². The number of pyridine rings is 1. The molecule has 3 heterocycles. The number of rotatable bonds is 6. The number of carbonyl (C=O) groups excluding carboxylic acids is 1. The van der Waals surface area contributed by atoms with Gasteiger partial charge in [-0.05, 0) is 44.2 Å².